The largest absolute Gasteiger partial charge is 0.385 e. The fourth-order valence-corrected chi connectivity index (χ4v) is 4.27. The molecule has 2 aliphatic heterocycles. The predicted molar refractivity (Wildman–Crippen MR) is 116 cm³/mol. The zero-order valence-corrected chi connectivity index (χ0v) is 17.4. The van der Waals surface area contributed by atoms with Crippen LogP contribution in [0.4, 0.5) is 5.69 Å². The number of benzene rings is 1. The van der Waals surface area contributed by atoms with Gasteiger partial charge in [0, 0.05) is 61.8 Å². The summed E-state index contributed by atoms with van der Waals surface area (Å²) in [6.07, 6.45) is 5.15. The van der Waals surface area contributed by atoms with E-state index < -0.39 is 0 Å². The van der Waals surface area contributed by atoms with E-state index in [2.05, 4.69) is 27.8 Å². The topological polar surface area (TPSA) is 63.2 Å². The minimum atomic E-state index is 0.105. The second-order valence-electron chi connectivity index (χ2n) is 8.01. The summed E-state index contributed by atoms with van der Waals surface area (Å²) in [7, 11) is 0. The highest BCUT2D eigenvalue weighted by Gasteiger charge is 2.23. The molecule has 2 aliphatic rings. The van der Waals surface area contributed by atoms with Crippen LogP contribution in [0.3, 0.4) is 0 Å². The van der Waals surface area contributed by atoms with Crippen molar-refractivity contribution in [3.05, 3.63) is 47.2 Å². The van der Waals surface area contributed by atoms with Gasteiger partial charge in [0.1, 0.15) is 5.78 Å². The van der Waals surface area contributed by atoms with E-state index in [9.17, 15) is 4.79 Å². The van der Waals surface area contributed by atoms with Crippen molar-refractivity contribution in [1.82, 2.24) is 10.3 Å². The Kier molecular flexibility index (Phi) is 6.80. The Morgan fingerprint density at radius 3 is 2.90 bits per heavy atom. The van der Waals surface area contributed by atoms with Gasteiger partial charge in [0.15, 0.2) is 0 Å². The van der Waals surface area contributed by atoms with Crippen LogP contribution in [0.1, 0.15) is 25.0 Å². The maximum Gasteiger partial charge on any atom is 0.143 e. The third-order valence-corrected chi connectivity index (χ3v) is 6.19. The summed E-state index contributed by atoms with van der Waals surface area (Å²) in [5.41, 5.74) is 3.81. The number of nitrogens with zero attached hydrogens (tertiary/aromatic N) is 1. The summed E-state index contributed by atoms with van der Waals surface area (Å²) in [4.78, 5) is 16.9. The van der Waals surface area contributed by atoms with Crippen molar-refractivity contribution >= 4 is 23.1 Å². The highest BCUT2D eigenvalue weighted by molar-refractivity contribution is 6.33. The van der Waals surface area contributed by atoms with E-state index in [1.165, 1.54) is 0 Å². The molecule has 5 nitrogen and oxygen atoms in total. The minimum absolute atomic E-state index is 0.105. The van der Waals surface area contributed by atoms with Crippen LogP contribution in [0.25, 0.3) is 11.1 Å². The molecule has 0 spiro atoms. The molecule has 3 heterocycles. The second-order valence-corrected chi connectivity index (χ2v) is 8.41. The molecule has 0 aliphatic carbocycles. The standard InChI is InChI=1S/C23H28ClN3O2/c24-22-15-27-20(12-23(28)18-4-7-25-14-18)11-21(22)17-2-1-3-19(10-17)26-13-16-5-8-29-9-6-16/h1-3,10-11,15-16,18,25-26H,4-9,12-14H2/t18-/m0/s1. The summed E-state index contributed by atoms with van der Waals surface area (Å²) in [5, 5.41) is 7.41. The van der Waals surface area contributed by atoms with Crippen molar-refractivity contribution in [2.75, 3.05) is 38.2 Å². The first-order valence-corrected chi connectivity index (χ1v) is 10.9. The van der Waals surface area contributed by atoms with Gasteiger partial charge in [-0.15, -0.1) is 0 Å². The van der Waals surface area contributed by atoms with Gasteiger partial charge in [-0.1, -0.05) is 23.7 Å². The zero-order valence-electron chi connectivity index (χ0n) is 16.6. The van der Waals surface area contributed by atoms with Crippen LogP contribution in [0.5, 0.6) is 0 Å². The van der Waals surface area contributed by atoms with Gasteiger partial charge in [0.25, 0.3) is 0 Å². The lowest BCUT2D eigenvalue weighted by molar-refractivity contribution is -0.121. The average Bonchev–Trinajstić information content (AvgIpc) is 3.30. The molecule has 2 fully saturated rings. The average molecular weight is 414 g/mol. The number of Topliss-reactive ketones (excluding diaryl/α,β-unsaturated/α-hetero) is 1. The lowest BCUT2D eigenvalue weighted by Crippen LogP contribution is -2.22. The first-order valence-electron chi connectivity index (χ1n) is 10.5. The number of halogens is 1. The van der Waals surface area contributed by atoms with E-state index in [-0.39, 0.29) is 11.7 Å². The van der Waals surface area contributed by atoms with E-state index in [1.807, 2.05) is 18.2 Å². The molecule has 2 aromatic rings. The maximum absolute atomic E-state index is 12.5. The van der Waals surface area contributed by atoms with Crippen molar-refractivity contribution in [2.45, 2.75) is 25.7 Å². The van der Waals surface area contributed by atoms with E-state index in [4.69, 9.17) is 16.3 Å². The summed E-state index contributed by atoms with van der Waals surface area (Å²) in [6.45, 7) is 4.37. The molecule has 0 radical (unpaired) electrons. The first-order chi connectivity index (χ1) is 14.2. The van der Waals surface area contributed by atoms with E-state index in [0.717, 1.165) is 74.6 Å². The number of anilines is 1. The van der Waals surface area contributed by atoms with Gasteiger partial charge in [-0.3, -0.25) is 9.78 Å². The van der Waals surface area contributed by atoms with Gasteiger partial charge in [-0.2, -0.15) is 0 Å². The molecular formula is C23H28ClN3O2. The first kappa shape index (κ1) is 20.3. The Bertz CT molecular complexity index is 846. The molecule has 154 valence electrons. The van der Waals surface area contributed by atoms with Crippen molar-refractivity contribution in [1.29, 1.82) is 0 Å². The molecule has 0 unspecified atom stereocenters. The Hall–Kier alpha value is -1.95. The molecule has 0 bridgehead atoms. The molecule has 2 N–H and O–H groups in total. The van der Waals surface area contributed by atoms with Gasteiger partial charge in [0.2, 0.25) is 0 Å². The molecule has 1 atom stereocenters. The third-order valence-electron chi connectivity index (χ3n) is 5.89. The number of ether oxygens (including phenoxy) is 1. The molecule has 1 aromatic carbocycles. The Morgan fingerprint density at radius 1 is 1.24 bits per heavy atom. The Morgan fingerprint density at radius 2 is 2.10 bits per heavy atom. The van der Waals surface area contributed by atoms with Crippen molar-refractivity contribution in [3.63, 3.8) is 0 Å². The smallest absolute Gasteiger partial charge is 0.143 e. The molecule has 2 saturated heterocycles. The lowest BCUT2D eigenvalue weighted by Gasteiger charge is -2.22. The van der Waals surface area contributed by atoms with Crippen molar-refractivity contribution in [2.24, 2.45) is 11.8 Å². The number of pyridine rings is 1. The quantitative estimate of drug-likeness (QED) is 0.719. The molecule has 6 heteroatoms. The predicted octanol–water partition coefficient (Wildman–Crippen LogP) is 3.96. The van der Waals surface area contributed by atoms with Crippen molar-refractivity contribution in [3.8, 4) is 11.1 Å². The lowest BCUT2D eigenvalue weighted by atomic mass is 9.97. The summed E-state index contributed by atoms with van der Waals surface area (Å²) in [5.74, 6) is 1.01. The van der Waals surface area contributed by atoms with Crippen molar-refractivity contribution < 1.29 is 9.53 Å². The minimum Gasteiger partial charge on any atom is -0.385 e. The molecule has 0 saturated carbocycles. The molecule has 29 heavy (non-hydrogen) atoms. The number of rotatable bonds is 7. The van der Waals surface area contributed by atoms with Gasteiger partial charge in [-0.25, -0.2) is 0 Å². The molecule has 1 aromatic heterocycles. The Balaban J connectivity index is 1.46. The van der Waals surface area contributed by atoms with Crippen LogP contribution in [0, 0.1) is 11.8 Å². The number of ketones is 1. The van der Waals surface area contributed by atoms with E-state index in [0.29, 0.717) is 17.4 Å². The number of nitrogens with one attached hydrogen (secondary N) is 2. The third kappa shape index (κ3) is 5.35. The van der Waals surface area contributed by atoms with Crippen LogP contribution in [-0.2, 0) is 16.0 Å². The summed E-state index contributed by atoms with van der Waals surface area (Å²) >= 11 is 6.45. The molecule has 4 rings (SSSR count). The van der Waals surface area contributed by atoms with Gasteiger partial charge < -0.3 is 15.4 Å². The monoisotopic (exact) mass is 413 g/mol. The highest BCUT2D eigenvalue weighted by atomic mass is 35.5. The van der Waals surface area contributed by atoms with Crippen LogP contribution < -0.4 is 10.6 Å². The normalized spacial score (nSPS) is 20.0. The van der Waals surface area contributed by atoms with Gasteiger partial charge in [-0.05, 0) is 55.5 Å². The number of carbonyl (C=O) groups is 1. The van der Waals surface area contributed by atoms with Crippen LogP contribution in [0.15, 0.2) is 36.5 Å². The van der Waals surface area contributed by atoms with Gasteiger partial charge in [0.05, 0.1) is 5.02 Å². The number of hydrogen-bond donors (Lipinski definition) is 2. The van der Waals surface area contributed by atoms with E-state index >= 15 is 0 Å². The fraction of sp³-hybridized carbons (Fsp3) is 0.478. The number of hydrogen-bond acceptors (Lipinski definition) is 5. The van der Waals surface area contributed by atoms with Gasteiger partial charge >= 0.3 is 0 Å². The summed E-state index contributed by atoms with van der Waals surface area (Å²) < 4.78 is 5.44. The SMILES string of the molecule is O=C(Cc1cc(-c2cccc(NCC3CCOCC3)c2)c(Cl)cn1)[C@H]1CCNC1. The maximum atomic E-state index is 12.5. The summed E-state index contributed by atoms with van der Waals surface area (Å²) in [6, 6.07) is 10.2. The number of carbonyl (C=O) groups excluding carboxylic acids is 1. The van der Waals surface area contributed by atoms with E-state index in [1.54, 1.807) is 6.20 Å². The molecular weight excluding hydrogens is 386 g/mol. The molecule has 0 amide bonds. The highest BCUT2D eigenvalue weighted by Crippen LogP contribution is 2.30. The van der Waals surface area contributed by atoms with Crippen LogP contribution in [0.2, 0.25) is 5.02 Å². The van der Waals surface area contributed by atoms with Crippen LogP contribution in [-0.4, -0.2) is 43.6 Å². The Labute approximate surface area is 177 Å². The fourth-order valence-electron chi connectivity index (χ4n) is 4.06. The van der Waals surface area contributed by atoms with Crippen LogP contribution >= 0.6 is 11.6 Å². The number of aromatic nitrogens is 1. The second kappa shape index (κ2) is 9.70. The zero-order chi connectivity index (χ0) is 20.1.